The van der Waals surface area contributed by atoms with Gasteiger partial charge in [-0.3, -0.25) is 0 Å². The first-order valence-electron chi connectivity index (χ1n) is 8.50. The number of likely N-dealkylation sites (tertiary alicyclic amines) is 1. The van der Waals surface area contributed by atoms with Crippen LogP contribution in [0.25, 0.3) is 0 Å². The van der Waals surface area contributed by atoms with Crippen LogP contribution in [0, 0.1) is 5.92 Å². The van der Waals surface area contributed by atoms with E-state index in [1.54, 1.807) is 6.26 Å². The predicted octanol–water partition coefficient (Wildman–Crippen LogP) is 2.81. The Hall–Kier alpha value is -1.62. The second-order valence-electron chi connectivity index (χ2n) is 6.38. The number of β-amino-alcohol motifs (C(OH)–C–C–N with tert-alkyl or cyclic N) is 1. The third-order valence-corrected chi connectivity index (χ3v) is 4.63. The molecule has 2 heterocycles. The largest absolute Gasteiger partial charge is 0.468 e. The van der Waals surface area contributed by atoms with Gasteiger partial charge in [-0.2, -0.15) is 0 Å². The molecule has 0 radical (unpaired) electrons. The number of piperidine rings is 1. The van der Waals surface area contributed by atoms with Gasteiger partial charge >= 0.3 is 0 Å². The smallest absolute Gasteiger partial charge is 0.117 e. The second kappa shape index (κ2) is 8.29. The highest BCUT2D eigenvalue weighted by atomic mass is 16.3. The molecule has 0 saturated carbocycles. The standard InChI is InChI=1S/C19H26N2O2/c22-19(17-5-2-1-3-6-17)15-21-10-8-16(9-11-21)13-20-14-18-7-4-12-23-18/h1-7,12,16,19-20,22H,8-11,13-15H2. The van der Waals surface area contributed by atoms with E-state index < -0.39 is 0 Å². The van der Waals surface area contributed by atoms with E-state index in [0.29, 0.717) is 0 Å². The lowest BCUT2D eigenvalue weighted by Gasteiger charge is -2.33. The molecule has 2 aromatic rings. The highest BCUT2D eigenvalue weighted by Gasteiger charge is 2.21. The first-order valence-corrected chi connectivity index (χ1v) is 8.50. The molecule has 4 nitrogen and oxygen atoms in total. The zero-order valence-electron chi connectivity index (χ0n) is 13.5. The highest BCUT2D eigenvalue weighted by Crippen LogP contribution is 2.20. The molecule has 0 bridgehead atoms. The van der Waals surface area contributed by atoms with Gasteiger partial charge in [-0.15, -0.1) is 0 Å². The van der Waals surface area contributed by atoms with Crippen LogP contribution in [-0.2, 0) is 6.54 Å². The van der Waals surface area contributed by atoms with Crippen LogP contribution in [0.3, 0.4) is 0 Å². The summed E-state index contributed by atoms with van der Waals surface area (Å²) < 4.78 is 5.33. The molecule has 3 rings (SSSR count). The average Bonchev–Trinajstić information content (AvgIpc) is 3.11. The number of furan rings is 1. The summed E-state index contributed by atoms with van der Waals surface area (Å²) in [5.74, 6) is 1.71. The van der Waals surface area contributed by atoms with Crippen LogP contribution in [0.1, 0.15) is 30.3 Å². The van der Waals surface area contributed by atoms with Gasteiger partial charge in [0.15, 0.2) is 0 Å². The molecule has 0 amide bonds. The number of benzene rings is 1. The van der Waals surface area contributed by atoms with E-state index in [-0.39, 0.29) is 6.10 Å². The van der Waals surface area contributed by atoms with Gasteiger partial charge in [-0.05, 0) is 56.1 Å². The number of aliphatic hydroxyl groups excluding tert-OH is 1. The van der Waals surface area contributed by atoms with Crippen LogP contribution in [0.2, 0.25) is 0 Å². The summed E-state index contributed by atoms with van der Waals surface area (Å²) in [7, 11) is 0. The van der Waals surface area contributed by atoms with Crippen molar-refractivity contribution in [2.75, 3.05) is 26.2 Å². The maximum atomic E-state index is 10.3. The Balaban J connectivity index is 1.35. The van der Waals surface area contributed by atoms with Gasteiger partial charge in [0.1, 0.15) is 5.76 Å². The van der Waals surface area contributed by atoms with Gasteiger partial charge in [0.2, 0.25) is 0 Å². The number of rotatable bonds is 7. The van der Waals surface area contributed by atoms with E-state index in [1.165, 1.54) is 12.8 Å². The van der Waals surface area contributed by atoms with Gasteiger partial charge < -0.3 is 19.7 Å². The van der Waals surface area contributed by atoms with Crippen molar-refractivity contribution in [1.29, 1.82) is 0 Å². The van der Waals surface area contributed by atoms with Gasteiger partial charge in [0.25, 0.3) is 0 Å². The van der Waals surface area contributed by atoms with Crippen LogP contribution < -0.4 is 5.32 Å². The molecule has 1 saturated heterocycles. The van der Waals surface area contributed by atoms with Crippen molar-refractivity contribution >= 4 is 0 Å². The molecule has 1 aromatic carbocycles. The number of hydrogen-bond donors (Lipinski definition) is 2. The molecule has 1 aromatic heterocycles. The van der Waals surface area contributed by atoms with Crippen LogP contribution in [0.15, 0.2) is 53.1 Å². The summed E-state index contributed by atoms with van der Waals surface area (Å²) in [6, 6.07) is 13.9. The summed E-state index contributed by atoms with van der Waals surface area (Å²) >= 11 is 0. The van der Waals surface area contributed by atoms with E-state index in [0.717, 1.165) is 50.0 Å². The summed E-state index contributed by atoms with van der Waals surface area (Å²) in [5, 5.41) is 13.8. The molecule has 1 fully saturated rings. The minimum atomic E-state index is -0.384. The quantitative estimate of drug-likeness (QED) is 0.825. The number of hydrogen-bond acceptors (Lipinski definition) is 4. The van der Waals surface area contributed by atoms with E-state index >= 15 is 0 Å². The average molecular weight is 314 g/mol. The van der Waals surface area contributed by atoms with E-state index in [9.17, 15) is 5.11 Å². The van der Waals surface area contributed by atoms with E-state index in [1.807, 2.05) is 42.5 Å². The summed E-state index contributed by atoms with van der Waals surface area (Å²) in [6.45, 7) is 4.71. The Morgan fingerprint density at radius 3 is 2.61 bits per heavy atom. The zero-order chi connectivity index (χ0) is 15.9. The summed E-state index contributed by atoms with van der Waals surface area (Å²) in [4.78, 5) is 2.38. The van der Waals surface area contributed by atoms with Gasteiger partial charge in [0, 0.05) is 6.54 Å². The first kappa shape index (κ1) is 16.2. The minimum absolute atomic E-state index is 0.384. The third kappa shape index (κ3) is 4.93. The molecular weight excluding hydrogens is 288 g/mol. The van der Waals surface area contributed by atoms with Crippen molar-refractivity contribution in [3.8, 4) is 0 Å². The van der Waals surface area contributed by atoms with Crippen LogP contribution >= 0.6 is 0 Å². The Kier molecular flexibility index (Phi) is 5.86. The molecule has 1 aliphatic heterocycles. The molecule has 2 N–H and O–H groups in total. The number of aliphatic hydroxyl groups is 1. The first-order chi connectivity index (χ1) is 11.3. The van der Waals surface area contributed by atoms with E-state index in [2.05, 4.69) is 10.2 Å². The third-order valence-electron chi connectivity index (χ3n) is 4.63. The fraction of sp³-hybridized carbons (Fsp3) is 0.474. The second-order valence-corrected chi connectivity index (χ2v) is 6.38. The Morgan fingerprint density at radius 2 is 1.91 bits per heavy atom. The predicted molar refractivity (Wildman–Crippen MR) is 91.0 cm³/mol. The molecule has 124 valence electrons. The fourth-order valence-electron chi connectivity index (χ4n) is 3.21. The van der Waals surface area contributed by atoms with Crippen LogP contribution in [-0.4, -0.2) is 36.2 Å². The van der Waals surface area contributed by atoms with Crippen molar-refractivity contribution in [2.24, 2.45) is 5.92 Å². The van der Waals surface area contributed by atoms with Crippen molar-refractivity contribution < 1.29 is 9.52 Å². The molecule has 1 unspecified atom stereocenters. The Labute approximate surface area is 138 Å². The van der Waals surface area contributed by atoms with Crippen molar-refractivity contribution in [2.45, 2.75) is 25.5 Å². The summed E-state index contributed by atoms with van der Waals surface area (Å²) in [5.41, 5.74) is 1.01. The Bertz CT molecular complexity index is 548. The maximum absolute atomic E-state index is 10.3. The van der Waals surface area contributed by atoms with Crippen molar-refractivity contribution in [3.05, 3.63) is 60.1 Å². The Morgan fingerprint density at radius 1 is 1.13 bits per heavy atom. The maximum Gasteiger partial charge on any atom is 0.117 e. The minimum Gasteiger partial charge on any atom is -0.468 e. The van der Waals surface area contributed by atoms with Crippen LogP contribution in [0.5, 0.6) is 0 Å². The van der Waals surface area contributed by atoms with Gasteiger partial charge in [-0.25, -0.2) is 0 Å². The van der Waals surface area contributed by atoms with Crippen molar-refractivity contribution in [1.82, 2.24) is 10.2 Å². The molecule has 1 atom stereocenters. The fourth-order valence-corrected chi connectivity index (χ4v) is 3.21. The zero-order valence-corrected chi connectivity index (χ0v) is 13.5. The lowest BCUT2D eigenvalue weighted by Crippen LogP contribution is -2.39. The van der Waals surface area contributed by atoms with Crippen molar-refractivity contribution in [3.63, 3.8) is 0 Å². The monoisotopic (exact) mass is 314 g/mol. The van der Waals surface area contributed by atoms with Gasteiger partial charge in [-0.1, -0.05) is 30.3 Å². The SMILES string of the molecule is OC(CN1CCC(CNCc2ccco2)CC1)c1ccccc1. The molecule has 23 heavy (non-hydrogen) atoms. The molecule has 1 aliphatic rings. The number of nitrogens with zero attached hydrogens (tertiary/aromatic N) is 1. The highest BCUT2D eigenvalue weighted by molar-refractivity contribution is 5.17. The normalized spacial score (nSPS) is 18.1. The lowest BCUT2D eigenvalue weighted by atomic mass is 9.96. The van der Waals surface area contributed by atoms with Crippen LogP contribution in [0.4, 0.5) is 0 Å². The van der Waals surface area contributed by atoms with Gasteiger partial charge in [0.05, 0.1) is 18.9 Å². The molecule has 0 aliphatic carbocycles. The topological polar surface area (TPSA) is 48.6 Å². The molecule has 4 heteroatoms. The lowest BCUT2D eigenvalue weighted by molar-refractivity contribution is 0.0890. The van der Waals surface area contributed by atoms with E-state index in [4.69, 9.17) is 4.42 Å². The molecule has 0 spiro atoms. The number of nitrogens with one attached hydrogen (secondary N) is 1. The molecular formula is C19H26N2O2. The summed E-state index contributed by atoms with van der Waals surface area (Å²) in [6.07, 6.45) is 3.71.